The first-order valence-corrected chi connectivity index (χ1v) is 14.7. The third-order valence-corrected chi connectivity index (χ3v) is 8.95. The lowest BCUT2D eigenvalue weighted by atomic mass is 9.69. The van der Waals surface area contributed by atoms with Crippen molar-refractivity contribution in [3.63, 3.8) is 0 Å². The Morgan fingerprint density at radius 1 is 1.16 bits per heavy atom. The fourth-order valence-electron chi connectivity index (χ4n) is 6.61. The van der Waals surface area contributed by atoms with E-state index in [2.05, 4.69) is 41.0 Å². The molecule has 15 heteroatoms. The number of aromatic amines is 1. The molecular formula is C29H31F3N10O2. The van der Waals surface area contributed by atoms with Crippen LogP contribution in [0.15, 0.2) is 37.1 Å². The molecule has 2 saturated heterocycles. The second-order valence-corrected chi connectivity index (χ2v) is 12.0. The molecule has 0 bridgehead atoms. The highest BCUT2D eigenvalue weighted by Crippen LogP contribution is 2.45. The van der Waals surface area contributed by atoms with Crippen LogP contribution < -0.4 is 4.74 Å². The molecule has 12 nitrogen and oxygen atoms in total. The third-order valence-electron chi connectivity index (χ3n) is 8.95. The SMILES string of the molecule is N#CC[C@]1(n2cc(-c3ncnc4[nH]ccc34)cn2)C[C@@H](N2CCC(Oc3cc(CN4CC(O)C4)nc(C(F)(F)F)n3)CC2)C1. The van der Waals surface area contributed by atoms with E-state index in [4.69, 9.17) is 4.74 Å². The number of nitriles is 1. The van der Waals surface area contributed by atoms with Crippen molar-refractivity contribution in [3.05, 3.63) is 48.6 Å². The summed E-state index contributed by atoms with van der Waals surface area (Å²) < 4.78 is 48.4. The first-order chi connectivity index (χ1) is 21.2. The summed E-state index contributed by atoms with van der Waals surface area (Å²) in [5.74, 6) is -1.29. The number of nitrogens with zero attached hydrogens (tertiary/aromatic N) is 9. The maximum Gasteiger partial charge on any atom is 0.451 e. The number of fused-ring (bicyclic) bond motifs is 1. The van der Waals surface area contributed by atoms with E-state index in [9.17, 15) is 23.5 Å². The zero-order valence-electron chi connectivity index (χ0n) is 23.8. The highest BCUT2D eigenvalue weighted by atomic mass is 19.4. The van der Waals surface area contributed by atoms with Gasteiger partial charge >= 0.3 is 6.18 Å². The van der Waals surface area contributed by atoms with Crippen LogP contribution in [0.2, 0.25) is 0 Å². The smallest absolute Gasteiger partial charge is 0.451 e. The van der Waals surface area contributed by atoms with E-state index >= 15 is 0 Å². The largest absolute Gasteiger partial charge is 0.474 e. The van der Waals surface area contributed by atoms with Crippen molar-refractivity contribution in [1.29, 1.82) is 5.26 Å². The van der Waals surface area contributed by atoms with Crippen LogP contribution in [0.5, 0.6) is 5.88 Å². The van der Waals surface area contributed by atoms with Gasteiger partial charge < -0.3 is 14.8 Å². The van der Waals surface area contributed by atoms with Gasteiger partial charge in [-0.1, -0.05) is 0 Å². The molecule has 44 heavy (non-hydrogen) atoms. The minimum atomic E-state index is -4.69. The molecule has 6 heterocycles. The molecule has 3 fully saturated rings. The van der Waals surface area contributed by atoms with Gasteiger partial charge in [0.25, 0.3) is 0 Å². The van der Waals surface area contributed by atoms with Crippen molar-refractivity contribution in [2.75, 3.05) is 26.2 Å². The Morgan fingerprint density at radius 3 is 2.68 bits per heavy atom. The van der Waals surface area contributed by atoms with Crippen LogP contribution in [0, 0.1) is 11.3 Å². The number of hydrogen-bond acceptors (Lipinski definition) is 10. The molecule has 4 aromatic heterocycles. The van der Waals surface area contributed by atoms with Gasteiger partial charge in [-0.3, -0.25) is 14.5 Å². The number of likely N-dealkylation sites (tertiary alicyclic amines) is 2. The van der Waals surface area contributed by atoms with Gasteiger partial charge in [0.1, 0.15) is 18.1 Å². The third kappa shape index (κ3) is 5.49. The maximum atomic E-state index is 13.5. The molecule has 0 unspecified atom stereocenters. The summed E-state index contributed by atoms with van der Waals surface area (Å²) in [4.78, 5) is 23.4. The van der Waals surface area contributed by atoms with E-state index in [0.717, 1.165) is 48.2 Å². The Kier molecular flexibility index (Phi) is 7.22. The van der Waals surface area contributed by atoms with Crippen molar-refractivity contribution < 1.29 is 23.0 Å². The lowest BCUT2D eigenvalue weighted by molar-refractivity contribution is -0.145. The van der Waals surface area contributed by atoms with Crippen molar-refractivity contribution in [2.24, 2.45) is 0 Å². The zero-order chi connectivity index (χ0) is 30.5. The fourth-order valence-corrected chi connectivity index (χ4v) is 6.61. The lowest BCUT2D eigenvalue weighted by Gasteiger charge is -2.52. The van der Waals surface area contributed by atoms with Crippen LogP contribution >= 0.6 is 0 Å². The van der Waals surface area contributed by atoms with Crippen molar-refractivity contribution in [3.8, 4) is 23.2 Å². The van der Waals surface area contributed by atoms with Crippen LogP contribution in [0.3, 0.4) is 0 Å². The van der Waals surface area contributed by atoms with E-state index < -0.39 is 23.6 Å². The number of nitrogens with one attached hydrogen (secondary N) is 1. The van der Waals surface area contributed by atoms with Crippen LogP contribution in [0.1, 0.15) is 43.6 Å². The Labute approximate surface area is 250 Å². The Morgan fingerprint density at radius 2 is 1.95 bits per heavy atom. The standard InChI is InChI=1S/C29H31F3N10O2/c30-29(31,32)27-38-19(14-40-15-21(43)16-40)9-24(39-27)44-22-2-7-41(8-3-22)20-10-28(11-20,4-5-33)42-13-18(12-37-42)25-23-1-6-34-26(23)36-17-35-25/h1,6,9,12-13,17,20-22,43H,2-4,7-8,10-11,14-16H2,(H,34,35,36)/t20-,28+. The first-order valence-electron chi connectivity index (χ1n) is 14.7. The van der Waals surface area contributed by atoms with Gasteiger partial charge in [0, 0.05) is 68.2 Å². The summed E-state index contributed by atoms with van der Waals surface area (Å²) in [6.45, 7) is 2.45. The average molecular weight is 609 g/mol. The molecule has 4 aromatic rings. The molecule has 3 aliphatic rings. The monoisotopic (exact) mass is 608 g/mol. The molecule has 230 valence electrons. The van der Waals surface area contributed by atoms with Crippen LogP contribution in [-0.4, -0.2) is 94.0 Å². The number of ether oxygens (including phenoxy) is 1. The van der Waals surface area contributed by atoms with Gasteiger partial charge in [0.05, 0.1) is 41.7 Å². The second kappa shape index (κ2) is 11.1. The number of β-amino-alcohol motifs (C(OH)–C–C–N with tert-alkyl or cyclic N) is 1. The lowest BCUT2D eigenvalue weighted by Crippen LogP contribution is -2.58. The number of aromatic nitrogens is 7. The molecule has 0 amide bonds. The molecule has 0 radical (unpaired) electrons. The summed E-state index contributed by atoms with van der Waals surface area (Å²) in [5.41, 5.74) is 2.20. The summed E-state index contributed by atoms with van der Waals surface area (Å²) in [6.07, 6.45) is 4.82. The Balaban J connectivity index is 0.981. The first kappa shape index (κ1) is 28.6. The zero-order valence-corrected chi connectivity index (χ0v) is 23.8. The van der Waals surface area contributed by atoms with E-state index in [-0.39, 0.29) is 30.3 Å². The van der Waals surface area contributed by atoms with E-state index in [1.54, 1.807) is 6.20 Å². The molecule has 1 aliphatic carbocycles. The number of rotatable bonds is 8. The topological polar surface area (TPSA) is 145 Å². The number of aliphatic hydroxyl groups is 1. The van der Waals surface area contributed by atoms with Gasteiger partial charge in [-0.05, 0) is 31.7 Å². The van der Waals surface area contributed by atoms with E-state index in [0.29, 0.717) is 32.4 Å². The summed E-state index contributed by atoms with van der Waals surface area (Å²) >= 11 is 0. The highest BCUT2D eigenvalue weighted by molar-refractivity contribution is 5.90. The van der Waals surface area contributed by atoms with Crippen LogP contribution in [0.25, 0.3) is 22.3 Å². The van der Waals surface area contributed by atoms with Crippen molar-refractivity contribution >= 4 is 11.0 Å². The Hall–Kier alpha value is -4.13. The quantitative estimate of drug-likeness (QED) is 0.306. The normalized spacial score (nSPS) is 23.8. The van der Waals surface area contributed by atoms with Crippen molar-refractivity contribution in [1.82, 2.24) is 44.5 Å². The summed E-state index contributed by atoms with van der Waals surface area (Å²) in [7, 11) is 0. The van der Waals surface area contributed by atoms with E-state index in [1.165, 1.54) is 12.4 Å². The number of H-pyrrole nitrogens is 1. The Bertz CT molecular complexity index is 1680. The predicted molar refractivity (Wildman–Crippen MR) is 150 cm³/mol. The number of piperidine rings is 1. The van der Waals surface area contributed by atoms with Gasteiger partial charge in [0.2, 0.25) is 11.7 Å². The highest BCUT2D eigenvalue weighted by Gasteiger charge is 2.49. The number of halogens is 3. The fraction of sp³-hybridized carbons (Fsp3) is 0.517. The molecular weight excluding hydrogens is 577 g/mol. The van der Waals surface area contributed by atoms with E-state index in [1.807, 2.05) is 28.0 Å². The second-order valence-electron chi connectivity index (χ2n) is 12.0. The summed E-state index contributed by atoms with van der Waals surface area (Å²) in [5, 5.41) is 24.7. The van der Waals surface area contributed by atoms with Gasteiger partial charge in [-0.25, -0.2) is 15.0 Å². The molecule has 0 atom stereocenters. The van der Waals surface area contributed by atoms with Gasteiger partial charge in [-0.15, -0.1) is 0 Å². The summed E-state index contributed by atoms with van der Waals surface area (Å²) in [6, 6.07) is 6.01. The number of aliphatic hydroxyl groups excluding tert-OH is 1. The maximum absolute atomic E-state index is 13.5. The van der Waals surface area contributed by atoms with Crippen molar-refractivity contribution in [2.45, 2.75) is 68.6 Å². The van der Waals surface area contributed by atoms with Gasteiger partial charge in [0.15, 0.2) is 0 Å². The number of hydrogen-bond donors (Lipinski definition) is 2. The molecule has 0 aromatic carbocycles. The van der Waals surface area contributed by atoms with Crippen LogP contribution in [-0.2, 0) is 18.3 Å². The minimum Gasteiger partial charge on any atom is -0.474 e. The van der Waals surface area contributed by atoms with Gasteiger partial charge in [-0.2, -0.15) is 28.5 Å². The molecule has 2 N–H and O–H groups in total. The van der Waals surface area contributed by atoms with Crippen LogP contribution in [0.4, 0.5) is 13.2 Å². The number of alkyl halides is 3. The molecule has 0 spiro atoms. The molecule has 7 rings (SSSR count). The predicted octanol–water partition coefficient (Wildman–Crippen LogP) is 3.12. The average Bonchev–Trinajstić information content (AvgIpc) is 3.64. The molecule has 2 aliphatic heterocycles. The molecule has 1 saturated carbocycles. The minimum absolute atomic E-state index is 0.0754.